The van der Waals surface area contributed by atoms with E-state index in [1.165, 1.54) is 6.08 Å². The third-order valence-electron chi connectivity index (χ3n) is 3.54. The van der Waals surface area contributed by atoms with Crippen LogP contribution in [0.4, 0.5) is 5.69 Å². The van der Waals surface area contributed by atoms with Crippen LogP contribution in [-0.4, -0.2) is 11.0 Å². The lowest BCUT2D eigenvalue weighted by atomic mass is 10.2. The molecule has 7 heteroatoms. The Hall–Kier alpha value is -2.54. The van der Waals surface area contributed by atoms with Gasteiger partial charge in [-0.15, -0.1) is 12.6 Å². The summed E-state index contributed by atoms with van der Waals surface area (Å²) in [6.07, 6.45) is 2.93. The summed E-state index contributed by atoms with van der Waals surface area (Å²) in [6.45, 7) is 0. The number of para-hydroxylation sites is 1. The second kappa shape index (κ2) is 8.90. The average Bonchev–Trinajstić information content (AvgIpc) is 3.11. The van der Waals surface area contributed by atoms with E-state index in [2.05, 4.69) is 23.3 Å². The second-order valence-corrected chi connectivity index (χ2v) is 6.83. The van der Waals surface area contributed by atoms with Gasteiger partial charge in [0.25, 0.3) is 0 Å². The normalized spacial score (nSPS) is 10.7. The summed E-state index contributed by atoms with van der Waals surface area (Å²) in [5.41, 5.74) is 1.62. The first kappa shape index (κ1) is 19.2. The first-order valence-electron chi connectivity index (χ1n) is 7.95. The Morgan fingerprint density at radius 1 is 1.07 bits per heavy atom. The lowest BCUT2D eigenvalue weighted by Gasteiger charge is -2.09. The molecule has 0 aliphatic heterocycles. The predicted octanol–water partition coefficient (Wildman–Crippen LogP) is 5.42. The highest BCUT2D eigenvalue weighted by Crippen LogP contribution is 2.24. The number of carbonyl (C=O) groups is 1. The van der Waals surface area contributed by atoms with Crippen LogP contribution >= 0.6 is 36.4 Å². The Morgan fingerprint density at radius 2 is 1.81 bits per heavy atom. The van der Waals surface area contributed by atoms with Gasteiger partial charge in [0.15, 0.2) is 5.11 Å². The lowest BCUT2D eigenvalue weighted by Crippen LogP contribution is -2.32. The van der Waals surface area contributed by atoms with Crippen molar-refractivity contribution in [2.24, 2.45) is 0 Å². The molecule has 0 aliphatic rings. The van der Waals surface area contributed by atoms with Crippen LogP contribution in [0.5, 0.6) is 0 Å². The summed E-state index contributed by atoms with van der Waals surface area (Å²) < 4.78 is 5.71. The Balaban J connectivity index is 1.58. The zero-order valence-corrected chi connectivity index (χ0v) is 16.4. The molecule has 0 atom stereocenters. The fourth-order valence-corrected chi connectivity index (χ4v) is 2.81. The summed E-state index contributed by atoms with van der Waals surface area (Å²) in [6, 6.07) is 18.3. The molecule has 2 N–H and O–H groups in total. The van der Waals surface area contributed by atoms with Crippen LogP contribution in [0.3, 0.4) is 0 Å². The van der Waals surface area contributed by atoms with Crippen molar-refractivity contribution < 1.29 is 9.21 Å². The first-order chi connectivity index (χ1) is 13.0. The monoisotopic (exact) mass is 414 g/mol. The molecular formula is C20H15ClN2O2S2. The lowest BCUT2D eigenvalue weighted by molar-refractivity contribution is -0.115. The van der Waals surface area contributed by atoms with Gasteiger partial charge in [-0.1, -0.05) is 23.7 Å². The molecule has 1 amide bonds. The van der Waals surface area contributed by atoms with Gasteiger partial charge in [0, 0.05) is 21.6 Å². The second-order valence-electron chi connectivity index (χ2n) is 5.50. The minimum absolute atomic E-state index is 0.187. The number of thiocarbonyl (C=S) groups is 1. The fraction of sp³-hybridized carbons (Fsp3) is 0. The smallest absolute Gasteiger partial charge is 0.250 e. The molecule has 0 fully saturated rings. The molecule has 0 spiro atoms. The van der Waals surface area contributed by atoms with E-state index >= 15 is 0 Å². The largest absolute Gasteiger partial charge is 0.457 e. The highest BCUT2D eigenvalue weighted by atomic mass is 35.5. The molecule has 1 heterocycles. The van der Waals surface area contributed by atoms with E-state index < -0.39 is 0 Å². The maximum Gasteiger partial charge on any atom is 0.250 e. The van der Waals surface area contributed by atoms with Crippen molar-refractivity contribution in [1.29, 1.82) is 0 Å². The van der Waals surface area contributed by atoms with Crippen molar-refractivity contribution in [1.82, 2.24) is 5.32 Å². The van der Waals surface area contributed by atoms with Crippen molar-refractivity contribution >= 4 is 59.2 Å². The van der Waals surface area contributed by atoms with E-state index in [1.54, 1.807) is 24.3 Å². The summed E-state index contributed by atoms with van der Waals surface area (Å²) in [4.78, 5) is 12.7. The fourth-order valence-electron chi connectivity index (χ4n) is 2.26. The van der Waals surface area contributed by atoms with Gasteiger partial charge in [-0.25, -0.2) is 0 Å². The van der Waals surface area contributed by atoms with Crippen LogP contribution in [-0.2, 0) is 4.79 Å². The molecule has 3 rings (SSSR count). The number of benzene rings is 2. The van der Waals surface area contributed by atoms with Gasteiger partial charge in [-0.05, 0) is 66.8 Å². The van der Waals surface area contributed by atoms with Gasteiger partial charge >= 0.3 is 0 Å². The molecule has 0 aliphatic carbocycles. The Kier molecular flexibility index (Phi) is 6.34. The minimum atomic E-state index is -0.367. The number of furan rings is 1. The molecule has 0 saturated carbocycles. The number of amides is 1. The number of nitrogens with one attached hydrogen (secondary N) is 2. The molecule has 3 aromatic rings. The topological polar surface area (TPSA) is 54.3 Å². The first-order valence-corrected chi connectivity index (χ1v) is 9.18. The van der Waals surface area contributed by atoms with Crippen LogP contribution in [0.2, 0.25) is 5.02 Å². The quantitative estimate of drug-likeness (QED) is 0.303. The van der Waals surface area contributed by atoms with Crippen molar-refractivity contribution in [3.05, 3.63) is 77.5 Å². The number of thiol groups is 1. The van der Waals surface area contributed by atoms with Gasteiger partial charge in [-0.3, -0.25) is 10.1 Å². The number of rotatable bonds is 4. The third kappa shape index (κ3) is 5.47. The zero-order chi connectivity index (χ0) is 19.2. The van der Waals surface area contributed by atoms with E-state index in [0.29, 0.717) is 22.2 Å². The van der Waals surface area contributed by atoms with Crippen LogP contribution in [0.15, 0.2) is 76.1 Å². The van der Waals surface area contributed by atoms with Gasteiger partial charge in [-0.2, -0.15) is 0 Å². The number of anilines is 1. The van der Waals surface area contributed by atoms with E-state index in [4.69, 9.17) is 28.2 Å². The number of carbonyl (C=O) groups excluding carboxylic acids is 1. The van der Waals surface area contributed by atoms with Crippen LogP contribution < -0.4 is 10.6 Å². The Bertz CT molecular complexity index is 997. The molecule has 4 nitrogen and oxygen atoms in total. The molecule has 0 bridgehead atoms. The van der Waals surface area contributed by atoms with Crippen LogP contribution in [0.25, 0.3) is 17.4 Å². The number of halogens is 1. The maximum atomic E-state index is 12.0. The van der Waals surface area contributed by atoms with Gasteiger partial charge < -0.3 is 9.73 Å². The summed E-state index contributed by atoms with van der Waals surface area (Å²) >= 11 is 15.3. The zero-order valence-electron chi connectivity index (χ0n) is 14.0. The molecule has 0 saturated heterocycles. The summed E-state index contributed by atoms with van der Waals surface area (Å²) in [5.74, 6) is 0.873. The van der Waals surface area contributed by atoms with Crippen molar-refractivity contribution in [3.8, 4) is 11.3 Å². The standard InChI is InChI=1S/C20H15ClN2O2S2/c21-14-7-5-13(6-8-14)17-11-9-15(25-17)10-12-19(24)23-20(27)22-16-3-1-2-4-18(16)26/h1-12,26H,(H2,22,23,24,27)/b12-10+. The van der Waals surface area contributed by atoms with E-state index in [9.17, 15) is 4.79 Å². The third-order valence-corrected chi connectivity index (χ3v) is 4.39. The van der Waals surface area contributed by atoms with Crippen molar-refractivity contribution in [3.63, 3.8) is 0 Å². The average molecular weight is 415 g/mol. The molecule has 2 aromatic carbocycles. The molecule has 0 radical (unpaired) electrons. The highest BCUT2D eigenvalue weighted by molar-refractivity contribution is 7.81. The van der Waals surface area contributed by atoms with Gasteiger partial charge in [0.2, 0.25) is 5.91 Å². The van der Waals surface area contributed by atoms with E-state index in [-0.39, 0.29) is 11.0 Å². The van der Waals surface area contributed by atoms with E-state index in [0.717, 1.165) is 10.5 Å². The van der Waals surface area contributed by atoms with Crippen molar-refractivity contribution in [2.45, 2.75) is 4.90 Å². The summed E-state index contributed by atoms with van der Waals surface area (Å²) in [7, 11) is 0. The Morgan fingerprint density at radius 3 is 2.56 bits per heavy atom. The van der Waals surface area contributed by atoms with Crippen LogP contribution in [0, 0.1) is 0 Å². The SMILES string of the molecule is O=C(/C=C/c1ccc(-c2ccc(Cl)cc2)o1)NC(=S)Nc1ccccc1S. The summed E-state index contributed by atoms with van der Waals surface area (Å²) in [5, 5.41) is 6.35. The van der Waals surface area contributed by atoms with Crippen molar-refractivity contribution in [2.75, 3.05) is 5.32 Å². The molecule has 27 heavy (non-hydrogen) atoms. The molecule has 0 unspecified atom stereocenters. The van der Waals surface area contributed by atoms with E-state index in [1.807, 2.05) is 42.5 Å². The van der Waals surface area contributed by atoms with Gasteiger partial charge in [0.05, 0.1) is 5.69 Å². The molecule has 1 aromatic heterocycles. The Labute approximate surface area is 172 Å². The predicted molar refractivity (Wildman–Crippen MR) is 116 cm³/mol. The number of hydrogen-bond acceptors (Lipinski definition) is 4. The van der Waals surface area contributed by atoms with Gasteiger partial charge in [0.1, 0.15) is 11.5 Å². The molecular weight excluding hydrogens is 400 g/mol. The maximum absolute atomic E-state index is 12.0. The minimum Gasteiger partial charge on any atom is -0.457 e. The van der Waals surface area contributed by atoms with Crippen LogP contribution in [0.1, 0.15) is 5.76 Å². The number of hydrogen-bond donors (Lipinski definition) is 3. The highest BCUT2D eigenvalue weighted by Gasteiger charge is 2.06. The molecule has 136 valence electrons.